The van der Waals surface area contributed by atoms with E-state index in [1.165, 1.54) is 25.8 Å². The first-order chi connectivity index (χ1) is 9.75. The SMILES string of the molecule is CN1CCCC[C@H]1CCn1cnc2ccncc2c1=O. The number of pyridine rings is 1. The van der Waals surface area contributed by atoms with E-state index in [2.05, 4.69) is 21.9 Å². The second kappa shape index (κ2) is 5.71. The van der Waals surface area contributed by atoms with Gasteiger partial charge in [0.2, 0.25) is 0 Å². The molecule has 0 saturated carbocycles. The Kier molecular flexibility index (Phi) is 3.78. The van der Waals surface area contributed by atoms with E-state index in [4.69, 9.17) is 0 Å². The number of hydrogen-bond acceptors (Lipinski definition) is 4. The zero-order valence-electron chi connectivity index (χ0n) is 11.8. The second-order valence-electron chi connectivity index (χ2n) is 5.55. The first kappa shape index (κ1) is 13.2. The summed E-state index contributed by atoms with van der Waals surface area (Å²) in [6.45, 7) is 1.89. The molecular formula is C15H20N4O. The Bertz CT molecular complexity index is 652. The number of rotatable bonds is 3. The molecule has 5 nitrogen and oxygen atoms in total. The molecule has 0 amide bonds. The molecule has 3 heterocycles. The molecule has 0 unspecified atom stereocenters. The summed E-state index contributed by atoms with van der Waals surface area (Å²) in [6.07, 6.45) is 9.75. The normalized spacial score (nSPS) is 20.4. The molecule has 0 aromatic carbocycles. The molecular weight excluding hydrogens is 252 g/mol. The Morgan fingerprint density at radius 1 is 1.40 bits per heavy atom. The molecule has 1 saturated heterocycles. The molecule has 1 atom stereocenters. The van der Waals surface area contributed by atoms with Gasteiger partial charge in [-0.15, -0.1) is 0 Å². The van der Waals surface area contributed by atoms with Crippen molar-refractivity contribution in [3.63, 3.8) is 0 Å². The minimum absolute atomic E-state index is 0.0153. The maximum absolute atomic E-state index is 12.4. The highest BCUT2D eigenvalue weighted by atomic mass is 16.1. The van der Waals surface area contributed by atoms with Gasteiger partial charge in [0.25, 0.3) is 5.56 Å². The Hall–Kier alpha value is -1.75. The van der Waals surface area contributed by atoms with Crippen LogP contribution in [0.2, 0.25) is 0 Å². The van der Waals surface area contributed by atoms with Crippen molar-refractivity contribution in [1.29, 1.82) is 0 Å². The highest BCUT2D eigenvalue weighted by molar-refractivity contribution is 5.75. The van der Waals surface area contributed by atoms with Crippen LogP contribution in [-0.4, -0.2) is 39.1 Å². The number of nitrogens with zero attached hydrogens (tertiary/aromatic N) is 4. The maximum atomic E-state index is 12.4. The van der Waals surface area contributed by atoms with Gasteiger partial charge >= 0.3 is 0 Å². The number of piperidine rings is 1. The fourth-order valence-corrected chi connectivity index (χ4v) is 2.96. The first-order valence-corrected chi connectivity index (χ1v) is 7.25. The topological polar surface area (TPSA) is 51.0 Å². The fourth-order valence-electron chi connectivity index (χ4n) is 2.96. The number of hydrogen-bond donors (Lipinski definition) is 0. The van der Waals surface area contributed by atoms with Gasteiger partial charge in [-0.25, -0.2) is 4.98 Å². The van der Waals surface area contributed by atoms with E-state index in [-0.39, 0.29) is 5.56 Å². The molecule has 1 aliphatic rings. The van der Waals surface area contributed by atoms with Gasteiger partial charge < -0.3 is 4.90 Å². The van der Waals surface area contributed by atoms with E-state index < -0.39 is 0 Å². The summed E-state index contributed by atoms with van der Waals surface area (Å²) >= 11 is 0. The highest BCUT2D eigenvalue weighted by Crippen LogP contribution is 2.18. The average Bonchev–Trinajstić information content (AvgIpc) is 2.48. The van der Waals surface area contributed by atoms with E-state index in [1.54, 1.807) is 29.4 Å². The van der Waals surface area contributed by atoms with Crippen LogP contribution in [-0.2, 0) is 6.54 Å². The van der Waals surface area contributed by atoms with Gasteiger partial charge in [0, 0.05) is 25.0 Å². The van der Waals surface area contributed by atoms with Crippen LogP contribution < -0.4 is 5.56 Å². The Balaban J connectivity index is 1.77. The maximum Gasteiger partial charge on any atom is 0.262 e. The number of fused-ring (bicyclic) bond motifs is 1. The van der Waals surface area contributed by atoms with Crippen molar-refractivity contribution in [1.82, 2.24) is 19.4 Å². The standard InChI is InChI=1S/C15H20N4O/c1-18-8-3-2-4-12(18)6-9-19-11-17-14-5-7-16-10-13(14)15(19)20/h5,7,10-12H,2-4,6,8-9H2,1H3/t12-/m0/s1. The van der Waals surface area contributed by atoms with E-state index >= 15 is 0 Å². The van der Waals surface area contributed by atoms with Gasteiger partial charge in [-0.1, -0.05) is 6.42 Å². The predicted octanol–water partition coefficient (Wildman–Crippen LogP) is 1.67. The van der Waals surface area contributed by atoms with E-state index in [1.807, 2.05) is 0 Å². The molecule has 3 rings (SSSR count). The van der Waals surface area contributed by atoms with Crippen molar-refractivity contribution in [3.8, 4) is 0 Å². The van der Waals surface area contributed by atoms with Crippen LogP contribution in [0, 0.1) is 0 Å². The monoisotopic (exact) mass is 272 g/mol. The third kappa shape index (κ3) is 2.58. The third-order valence-electron chi connectivity index (χ3n) is 4.25. The van der Waals surface area contributed by atoms with E-state index in [0.29, 0.717) is 11.4 Å². The number of likely N-dealkylation sites (tertiary alicyclic amines) is 1. The molecule has 20 heavy (non-hydrogen) atoms. The van der Waals surface area contributed by atoms with Gasteiger partial charge in [0.15, 0.2) is 0 Å². The molecule has 0 N–H and O–H groups in total. The van der Waals surface area contributed by atoms with Crippen LogP contribution in [0.3, 0.4) is 0 Å². The number of aryl methyl sites for hydroxylation is 1. The summed E-state index contributed by atoms with van der Waals surface area (Å²) in [4.78, 5) is 23.1. The molecule has 1 aliphatic heterocycles. The summed E-state index contributed by atoms with van der Waals surface area (Å²) in [5.41, 5.74) is 0.734. The van der Waals surface area contributed by atoms with Crippen molar-refractivity contribution in [3.05, 3.63) is 35.1 Å². The molecule has 0 spiro atoms. The lowest BCUT2D eigenvalue weighted by molar-refractivity contribution is 0.170. The van der Waals surface area contributed by atoms with Crippen LogP contribution >= 0.6 is 0 Å². The van der Waals surface area contributed by atoms with Crippen LogP contribution in [0.25, 0.3) is 10.9 Å². The summed E-state index contributed by atoms with van der Waals surface area (Å²) in [6, 6.07) is 2.36. The quantitative estimate of drug-likeness (QED) is 0.853. The van der Waals surface area contributed by atoms with Crippen molar-refractivity contribution in [2.45, 2.75) is 38.3 Å². The zero-order chi connectivity index (χ0) is 13.9. The first-order valence-electron chi connectivity index (χ1n) is 7.25. The molecule has 106 valence electrons. The Morgan fingerprint density at radius 3 is 3.15 bits per heavy atom. The molecule has 5 heteroatoms. The van der Waals surface area contributed by atoms with Crippen molar-refractivity contribution < 1.29 is 0 Å². The van der Waals surface area contributed by atoms with Crippen LogP contribution in [0.4, 0.5) is 0 Å². The minimum atomic E-state index is 0.0153. The molecule has 2 aromatic heterocycles. The van der Waals surface area contributed by atoms with Crippen LogP contribution in [0.1, 0.15) is 25.7 Å². The lowest BCUT2D eigenvalue weighted by Gasteiger charge is -2.32. The lowest BCUT2D eigenvalue weighted by atomic mass is 10.0. The predicted molar refractivity (Wildman–Crippen MR) is 78.7 cm³/mol. The van der Waals surface area contributed by atoms with Gasteiger partial charge in [0.1, 0.15) is 0 Å². The molecule has 2 aromatic rings. The minimum Gasteiger partial charge on any atom is -0.303 e. The van der Waals surface area contributed by atoms with E-state index in [9.17, 15) is 4.79 Å². The fraction of sp³-hybridized carbons (Fsp3) is 0.533. The van der Waals surface area contributed by atoms with Gasteiger partial charge in [0.05, 0.1) is 17.2 Å². The second-order valence-corrected chi connectivity index (χ2v) is 5.55. The van der Waals surface area contributed by atoms with Gasteiger partial charge in [-0.2, -0.15) is 0 Å². The Labute approximate surface area is 118 Å². The molecule has 0 bridgehead atoms. The number of aromatic nitrogens is 3. The molecule has 1 fully saturated rings. The van der Waals surface area contributed by atoms with Gasteiger partial charge in [-0.3, -0.25) is 14.3 Å². The lowest BCUT2D eigenvalue weighted by Crippen LogP contribution is -2.37. The van der Waals surface area contributed by atoms with Crippen LogP contribution in [0.5, 0.6) is 0 Å². The molecule has 0 aliphatic carbocycles. The average molecular weight is 272 g/mol. The molecule has 0 radical (unpaired) electrons. The van der Waals surface area contributed by atoms with Crippen molar-refractivity contribution >= 4 is 10.9 Å². The zero-order valence-corrected chi connectivity index (χ0v) is 11.8. The van der Waals surface area contributed by atoms with Crippen LogP contribution in [0.15, 0.2) is 29.6 Å². The summed E-state index contributed by atoms with van der Waals surface area (Å²) in [5, 5.41) is 0.604. The summed E-state index contributed by atoms with van der Waals surface area (Å²) < 4.78 is 1.71. The summed E-state index contributed by atoms with van der Waals surface area (Å²) in [7, 11) is 2.18. The van der Waals surface area contributed by atoms with Crippen molar-refractivity contribution in [2.75, 3.05) is 13.6 Å². The summed E-state index contributed by atoms with van der Waals surface area (Å²) in [5.74, 6) is 0. The largest absolute Gasteiger partial charge is 0.303 e. The van der Waals surface area contributed by atoms with E-state index in [0.717, 1.165) is 18.5 Å². The van der Waals surface area contributed by atoms with Crippen molar-refractivity contribution in [2.24, 2.45) is 0 Å². The highest BCUT2D eigenvalue weighted by Gasteiger charge is 2.18. The third-order valence-corrected chi connectivity index (χ3v) is 4.25. The Morgan fingerprint density at radius 2 is 2.30 bits per heavy atom. The van der Waals surface area contributed by atoms with Gasteiger partial charge in [-0.05, 0) is 38.9 Å². The smallest absolute Gasteiger partial charge is 0.262 e.